The summed E-state index contributed by atoms with van der Waals surface area (Å²) in [6.07, 6.45) is 0. The fourth-order valence-electron chi connectivity index (χ4n) is 0.744. The third-order valence-electron chi connectivity index (χ3n) is 1.37. The highest BCUT2D eigenvalue weighted by Gasteiger charge is 1.94. The number of hydrogen-bond acceptors (Lipinski definition) is 1. The Balaban J connectivity index is 0. The summed E-state index contributed by atoms with van der Waals surface area (Å²) in [5.41, 5.74) is 1.04. The molecule has 10 heavy (non-hydrogen) atoms. The minimum absolute atomic E-state index is 0. The van der Waals surface area contributed by atoms with E-state index >= 15 is 0 Å². The van der Waals surface area contributed by atoms with Gasteiger partial charge in [0, 0.05) is 7.88 Å². The van der Waals surface area contributed by atoms with E-state index in [2.05, 4.69) is 0 Å². The van der Waals surface area contributed by atoms with Gasteiger partial charge in [0.1, 0.15) is 5.75 Å². The van der Waals surface area contributed by atoms with Crippen molar-refractivity contribution in [3.63, 3.8) is 0 Å². The summed E-state index contributed by atoms with van der Waals surface area (Å²) in [5, 5.41) is 0.779. The van der Waals surface area contributed by atoms with Gasteiger partial charge in [0.25, 0.3) is 0 Å². The van der Waals surface area contributed by atoms with Crippen molar-refractivity contribution in [2.75, 3.05) is 7.11 Å². The number of aryl methyl sites for hydroxylation is 1. The SMILES string of the molecule is COc1ccc(Cl)c(C)c1.[HH].[HH]. The lowest BCUT2D eigenvalue weighted by Gasteiger charge is -2.00. The monoisotopic (exact) mass is 160 g/mol. The van der Waals surface area contributed by atoms with Crippen LogP contribution in [0.3, 0.4) is 0 Å². The van der Waals surface area contributed by atoms with Crippen LogP contribution in [-0.4, -0.2) is 7.11 Å². The molecule has 0 aromatic heterocycles. The van der Waals surface area contributed by atoms with Gasteiger partial charge in [-0.1, -0.05) is 11.6 Å². The van der Waals surface area contributed by atoms with Crippen LogP contribution in [0.5, 0.6) is 5.75 Å². The molecule has 0 spiro atoms. The number of rotatable bonds is 1. The largest absolute Gasteiger partial charge is 0.497 e. The first-order valence-electron chi connectivity index (χ1n) is 3.04. The molecular weight excluding hydrogens is 148 g/mol. The average molecular weight is 161 g/mol. The Bertz CT molecular complexity index is 240. The Morgan fingerprint density at radius 1 is 1.50 bits per heavy atom. The number of ether oxygens (including phenoxy) is 1. The van der Waals surface area contributed by atoms with E-state index in [1.165, 1.54) is 0 Å². The maximum atomic E-state index is 5.78. The van der Waals surface area contributed by atoms with Crippen LogP contribution in [-0.2, 0) is 0 Å². The van der Waals surface area contributed by atoms with E-state index in [4.69, 9.17) is 16.3 Å². The van der Waals surface area contributed by atoms with E-state index in [1.54, 1.807) is 7.11 Å². The molecule has 0 aliphatic carbocycles. The van der Waals surface area contributed by atoms with Crippen LogP contribution >= 0.6 is 11.6 Å². The second kappa shape index (κ2) is 2.93. The predicted molar refractivity (Wildman–Crippen MR) is 47.0 cm³/mol. The zero-order chi connectivity index (χ0) is 7.56. The van der Waals surface area contributed by atoms with Crippen molar-refractivity contribution in [3.05, 3.63) is 28.8 Å². The molecular formula is C8H13ClO. The molecule has 0 aliphatic heterocycles. The van der Waals surface area contributed by atoms with E-state index in [0.29, 0.717) is 0 Å². The summed E-state index contributed by atoms with van der Waals surface area (Å²) in [5.74, 6) is 0.849. The molecule has 0 N–H and O–H groups in total. The van der Waals surface area contributed by atoms with Crippen LogP contribution in [0.4, 0.5) is 0 Å². The van der Waals surface area contributed by atoms with Crippen molar-refractivity contribution in [1.82, 2.24) is 0 Å². The highest BCUT2D eigenvalue weighted by atomic mass is 35.5. The fraction of sp³-hybridized carbons (Fsp3) is 0.250. The Labute approximate surface area is 68.5 Å². The Hall–Kier alpha value is -0.690. The molecule has 0 bridgehead atoms. The second-order valence-electron chi connectivity index (χ2n) is 2.12. The minimum Gasteiger partial charge on any atom is -0.497 e. The van der Waals surface area contributed by atoms with Gasteiger partial charge in [-0.3, -0.25) is 0 Å². The van der Waals surface area contributed by atoms with Crippen molar-refractivity contribution in [2.24, 2.45) is 0 Å². The maximum Gasteiger partial charge on any atom is 0.119 e. The van der Waals surface area contributed by atoms with Gasteiger partial charge >= 0.3 is 0 Å². The highest BCUT2D eigenvalue weighted by Crippen LogP contribution is 2.20. The zero-order valence-electron chi connectivity index (χ0n) is 6.02. The molecule has 1 rings (SSSR count). The zero-order valence-corrected chi connectivity index (χ0v) is 6.77. The van der Waals surface area contributed by atoms with Gasteiger partial charge in [-0.05, 0) is 30.7 Å². The van der Waals surface area contributed by atoms with Crippen LogP contribution in [0.15, 0.2) is 18.2 Å². The average Bonchev–Trinajstić information content (AvgIpc) is 1.95. The van der Waals surface area contributed by atoms with Crippen molar-refractivity contribution < 1.29 is 7.59 Å². The molecule has 0 atom stereocenters. The lowest BCUT2D eigenvalue weighted by atomic mass is 10.2. The molecule has 1 aromatic carbocycles. The third kappa shape index (κ3) is 1.42. The molecule has 1 nitrogen and oxygen atoms in total. The first-order chi connectivity index (χ1) is 4.74. The molecule has 0 unspecified atom stereocenters. The second-order valence-corrected chi connectivity index (χ2v) is 2.52. The third-order valence-corrected chi connectivity index (χ3v) is 1.79. The molecule has 0 amide bonds. The van der Waals surface area contributed by atoms with Crippen LogP contribution in [0.25, 0.3) is 0 Å². The number of methoxy groups -OCH3 is 1. The maximum absolute atomic E-state index is 5.78. The van der Waals surface area contributed by atoms with E-state index in [0.717, 1.165) is 16.3 Å². The van der Waals surface area contributed by atoms with Crippen LogP contribution in [0, 0.1) is 6.92 Å². The quantitative estimate of drug-likeness (QED) is 0.614. The topological polar surface area (TPSA) is 9.23 Å². The van der Waals surface area contributed by atoms with Gasteiger partial charge in [-0.25, -0.2) is 0 Å². The standard InChI is InChI=1S/C8H9ClO.2H2/c1-6-5-7(10-2)3-4-8(6)9;;/h3-5H,1-2H3;2*1H. The molecule has 1 aromatic rings. The molecule has 0 saturated heterocycles. The van der Waals surface area contributed by atoms with E-state index < -0.39 is 0 Å². The minimum atomic E-state index is 0. The first kappa shape index (κ1) is 7.42. The van der Waals surface area contributed by atoms with Gasteiger partial charge in [0.05, 0.1) is 7.11 Å². The van der Waals surface area contributed by atoms with Crippen LogP contribution in [0.2, 0.25) is 5.02 Å². The van der Waals surface area contributed by atoms with Crippen molar-refractivity contribution in [3.8, 4) is 5.75 Å². The summed E-state index contributed by atoms with van der Waals surface area (Å²) >= 11 is 5.78. The first-order valence-corrected chi connectivity index (χ1v) is 3.42. The normalized spacial score (nSPS) is 9.50. The highest BCUT2D eigenvalue weighted by molar-refractivity contribution is 6.31. The van der Waals surface area contributed by atoms with Crippen molar-refractivity contribution in [1.29, 1.82) is 0 Å². The van der Waals surface area contributed by atoms with Gasteiger partial charge in [-0.2, -0.15) is 0 Å². The van der Waals surface area contributed by atoms with Crippen LogP contribution in [0.1, 0.15) is 8.42 Å². The lowest BCUT2D eigenvalue weighted by Crippen LogP contribution is -1.82. The fourth-order valence-corrected chi connectivity index (χ4v) is 0.862. The smallest absolute Gasteiger partial charge is 0.119 e. The van der Waals surface area contributed by atoms with Crippen molar-refractivity contribution in [2.45, 2.75) is 6.92 Å². The number of halogens is 1. The summed E-state index contributed by atoms with van der Waals surface area (Å²) in [7, 11) is 1.64. The lowest BCUT2D eigenvalue weighted by molar-refractivity contribution is 0.414. The van der Waals surface area contributed by atoms with E-state index in [9.17, 15) is 0 Å². The van der Waals surface area contributed by atoms with Gasteiger partial charge < -0.3 is 4.74 Å². The van der Waals surface area contributed by atoms with Gasteiger partial charge in [-0.15, -0.1) is 0 Å². The molecule has 0 saturated carbocycles. The number of benzene rings is 1. The Kier molecular flexibility index (Phi) is 2.17. The summed E-state index contributed by atoms with van der Waals surface area (Å²) < 4.78 is 4.99. The van der Waals surface area contributed by atoms with Gasteiger partial charge in [0.2, 0.25) is 0 Å². The molecule has 0 heterocycles. The molecule has 58 valence electrons. The summed E-state index contributed by atoms with van der Waals surface area (Å²) in [6.45, 7) is 1.95. The molecule has 0 fully saturated rings. The molecule has 0 radical (unpaired) electrons. The van der Waals surface area contributed by atoms with Crippen LogP contribution < -0.4 is 4.74 Å². The summed E-state index contributed by atoms with van der Waals surface area (Å²) in [4.78, 5) is 0. The molecule has 0 aliphatic rings. The summed E-state index contributed by atoms with van der Waals surface area (Å²) in [6, 6.07) is 5.58. The van der Waals surface area contributed by atoms with E-state index in [1.807, 2.05) is 25.1 Å². The van der Waals surface area contributed by atoms with Gasteiger partial charge in [0.15, 0.2) is 0 Å². The van der Waals surface area contributed by atoms with Crippen molar-refractivity contribution >= 4 is 11.6 Å². The Morgan fingerprint density at radius 3 is 2.70 bits per heavy atom. The number of hydrogen-bond donors (Lipinski definition) is 0. The van der Waals surface area contributed by atoms with E-state index in [-0.39, 0.29) is 2.85 Å². The Morgan fingerprint density at radius 2 is 2.20 bits per heavy atom. The predicted octanol–water partition coefficient (Wildman–Crippen LogP) is 3.15. The molecule has 2 heteroatoms.